The Morgan fingerprint density at radius 3 is 2.50 bits per heavy atom. The van der Waals surface area contributed by atoms with Crippen molar-refractivity contribution in [3.8, 4) is 0 Å². The molecule has 0 amide bonds. The third-order valence-electron chi connectivity index (χ3n) is 2.09. The average Bonchev–Trinajstić information content (AvgIpc) is 2.22. The predicted molar refractivity (Wildman–Crippen MR) is 56.2 cm³/mol. The Balaban J connectivity index is 2.72. The molecule has 0 saturated heterocycles. The van der Waals surface area contributed by atoms with Crippen LogP contribution in [-0.2, 0) is 0 Å². The van der Waals surface area contributed by atoms with E-state index in [2.05, 4.69) is 24.8 Å². The summed E-state index contributed by atoms with van der Waals surface area (Å²) in [6.07, 6.45) is 4.74. The molecule has 2 heteroatoms. The predicted octanol–water partition coefficient (Wildman–Crippen LogP) is 2.83. The highest BCUT2D eigenvalue weighted by atomic mass is 19.1. The average molecular weight is 192 g/mol. The van der Waals surface area contributed by atoms with Crippen LogP contribution in [0.5, 0.6) is 0 Å². The van der Waals surface area contributed by atoms with Crippen LogP contribution < -0.4 is 0 Å². The Morgan fingerprint density at radius 2 is 1.93 bits per heavy atom. The molecule has 0 spiro atoms. The molecule has 0 aliphatic heterocycles. The third-order valence-corrected chi connectivity index (χ3v) is 2.09. The third kappa shape index (κ3) is 2.87. The normalized spacial score (nSPS) is 10.8. The minimum Gasteiger partial charge on any atom is -0.377 e. The van der Waals surface area contributed by atoms with Crippen molar-refractivity contribution in [1.29, 1.82) is 0 Å². The maximum atomic E-state index is 13.1. The van der Waals surface area contributed by atoms with E-state index in [4.69, 9.17) is 0 Å². The van der Waals surface area contributed by atoms with E-state index in [1.165, 1.54) is 6.07 Å². The molecule has 0 aliphatic carbocycles. The van der Waals surface area contributed by atoms with Gasteiger partial charge in [0.15, 0.2) is 0 Å². The molecular formula is C12H15FN. The second kappa shape index (κ2) is 5.43. The minimum absolute atomic E-state index is 0.226. The number of hydrogen-bond donors (Lipinski definition) is 0. The summed E-state index contributed by atoms with van der Waals surface area (Å²) in [5.74, 6) is -0.226. The van der Waals surface area contributed by atoms with Crippen LogP contribution in [0, 0.1) is 11.9 Å². The second-order valence-electron chi connectivity index (χ2n) is 2.97. The van der Waals surface area contributed by atoms with Gasteiger partial charge in [0.1, 0.15) is 5.82 Å². The Kier molecular flexibility index (Phi) is 4.17. The molecule has 1 rings (SSSR count). The van der Waals surface area contributed by atoms with E-state index in [9.17, 15) is 4.39 Å². The van der Waals surface area contributed by atoms with Crippen LogP contribution in [0.1, 0.15) is 19.4 Å². The highest BCUT2D eigenvalue weighted by Gasteiger charge is 1.96. The van der Waals surface area contributed by atoms with Crippen molar-refractivity contribution in [2.45, 2.75) is 13.8 Å². The monoisotopic (exact) mass is 192 g/mol. The zero-order chi connectivity index (χ0) is 10.4. The van der Waals surface area contributed by atoms with Gasteiger partial charge in [0.25, 0.3) is 0 Å². The van der Waals surface area contributed by atoms with E-state index in [0.29, 0.717) is 5.56 Å². The molecule has 0 heterocycles. The van der Waals surface area contributed by atoms with Crippen molar-refractivity contribution >= 4 is 0 Å². The molecule has 0 unspecified atom stereocenters. The van der Waals surface area contributed by atoms with Gasteiger partial charge >= 0.3 is 0 Å². The van der Waals surface area contributed by atoms with Gasteiger partial charge in [-0.25, -0.2) is 4.39 Å². The minimum atomic E-state index is -0.226. The summed E-state index contributed by atoms with van der Waals surface area (Å²) in [7, 11) is 0. The highest BCUT2D eigenvalue weighted by Crippen LogP contribution is 2.06. The molecule has 0 atom stereocenters. The quantitative estimate of drug-likeness (QED) is 0.709. The molecule has 0 fully saturated rings. The van der Waals surface area contributed by atoms with Crippen molar-refractivity contribution in [2.75, 3.05) is 13.1 Å². The van der Waals surface area contributed by atoms with E-state index in [0.717, 1.165) is 13.1 Å². The van der Waals surface area contributed by atoms with Crippen LogP contribution in [0.2, 0.25) is 0 Å². The van der Waals surface area contributed by atoms with Crippen molar-refractivity contribution in [2.24, 2.45) is 0 Å². The molecule has 14 heavy (non-hydrogen) atoms. The van der Waals surface area contributed by atoms with Crippen LogP contribution in [0.4, 0.5) is 4.39 Å². The van der Waals surface area contributed by atoms with Crippen molar-refractivity contribution in [3.05, 3.63) is 47.9 Å². The summed E-state index contributed by atoms with van der Waals surface area (Å²) in [5.41, 5.74) is 0.513. The fourth-order valence-corrected chi connectivity index (χ4v) is 1.15. The summed E-state index contributed by atoms with van der Waals surface area (Å²) in [5, 5.41) is 0. The standard InChI is InChI=1S/C12H15FN/c1-3-14(4-2)10-9-11-7-5-6-8-12(11)13/h5-8,10H,3-4H2,1-2H3. The van der Waals surface area contributed by atoms with Gasteiger partial charge in [0.05, 0.1) is 0 Å². The SMILES string of the molecule is CCN(/C=[C]/c1ccccc1F)CC. The number of nitrogens with zero attached hydrogens (tertiary/aromatic N) is 1. The van der Waals surface area contributed by atoms with Crippen molar-refractivity contribution in [3.63, 3.8) is 0 Å². The zero-order valence-corrected chi connectivity index (χ0v) is 8.63. The molecule has 1 radical (unpaired) electrons. The smallest absolute Gasteiger partial charge is 0.131 e. The molecule has 0 aliphatic rings. The molecule has 0 aromatic heterocycles. The topological polar surface area (TPSA) is 3.24 Å². The molecular weight excluding hydrogens is 177 g/mol. The summed E-state index contributed by atoms with van der Waals surface area (Å²) in [6, 6.07) is 6.65. The van der Waals surface area contributed by atoms with Gasteiger partial charge in [0, 0.05) is 30.9 Å². The molecule has 0 saturated carbocycles. The van der Waals surface area contributed by atoms with Crippen molar-refractivity contribution < 1.29 is 4.39 Å². The Morgan fingerprint density at radius 1 is 1.29 bits per heavy atom. The van der Waals surface area contributed by atoms with Crippen LogP contribution in [0.25, 0.3) is 0 Å². The van der Waals surface area contributed by atoms with Gasteiger partial charge < -0.3 is 4.90 Å². The van der Waals surface area contributed by atoms with Crippen LogP contribution >= 0.6 is 0 Å². The lowest BCUT2D eigenvalue weighted by Crippen LogP contribution is -2.15. The van der Waals surface area contributed by atoms with Crippen LogP contribution in [-0.4, -0.2) is 18.0 Å². The first-order valence-electron chi connectivity index (χ1n) is 4.86. The summed E-state index contributed by atoms with van der Waals surface area (Å²) in [6.45, 7) is 5.95. The maximum absolute atomic E-state index is 13.1. The lowest BCUT2D eigenvalue weighted by molar-refractivity contribution is 0.417. The number of benzene rings is 1. The first-order chi connectivity index (χ1) is 6.77. The lowest BCUT2D eigenvalue weighted by Gasteiger charge is -2.14. The van der Waals surface area contributed by atoms with E-state index >= 15 is 0 Å². The van der Waals surface area contributed by atoms with Gasteiger partial charge in [-0.2, -0.15) is 0 Å². The Bertz CT molecular complexity index is 303. The number of halogens is 1. The summed E-state index contributed by atoms with van der Waals surface area (Å²) < 4.78 is 13.1. The summed E-state index contributed by atoms with van der Waals surface area (Å²) >= 11 is 0. The Hall–Kier alpha value is -1.31. The van der Waals surface area contributed by atoms with E-state index in [1.807, 2.05) is 6.07 Å². The molecule has 0 N–H and O–H groups in total. The molecule has 75 valence electrons. The lowest BCUT2D eigenvalue weighted by atomic mass is 10.2. The Labute approximate surface area is 84.9 Å². The highest BCUT2D eigenvalue weighted by molar-refractivity contribution is 5.23. The van der Waals surface area contributed by atoms with Crippen LogP contribution in [0.15, 0.2) is 30.5 Å². The molecule has 1 aromatic rings. The van der Waals surface area contributed by atoms with Gasteiger partial charge in [-0.15, -0.1) is 0 Å². The first kappa shape index (κ1) is 10.8. The first-order valence-corrected chi connectivity index (χ1v) is 4.86. The fourth-order valence-electron chi connectivity index (χ4n) is 1.15. The second-order valence-corrected chi connectivity index (χ2v) is 2.97. The van der Waals surface area contributed by atoms with Crippen LogP contribution in [0.3, 0.4) is 0 Å². The van der Waals surface area contributed by atoms with Gasteiger partial charge in [-0.05, 0) is 19.9 Å². The maximum Gasteiger partial charge on any atom is 0.131 e. The molecule has 1 nitrogen and oxygen atoms in total. The summed E-state index contributed by atoms with van der Waals surface area (Å²) in [4.78, 5) is 2.06. The van der Waals surface area contributed by atoms with Gasteiger partial charge in [-0.1, -0.05) is 18.2 Å². The number of hydrogen-bond acceptors (Lipinski definition) is 1. The van der Waals surface area contributed by atoms with Gasteiger partial charge in [0.2, 0.25) is 0 Å². The van der Waals surface area contributed by atoms with E-state index in [-0.39, 0.29) is 5.82 Å². The van der Waals surface area contributed by atoms with Crippen molar-refractivity contribution in [1.82, 2.24) is 4.90 Å². The zero-order valence-electron chi connectivity index (χ0n) is 8.63. The molecule has 0 bridgehead atoms. The fraction of sp³-hybridized carbons (Fsp3) is 0.333. The number of rotatable bonds is 4. The largest absolute Gasteiger partial charge is 0.377 e. The van der Waals surface area contributed by atoms with E-state index in [1.54, 1.807) is 18.3 Å². The molecule has 1 aromatic carbocycles. The van der Waals surface area contributed by atoms with Gasteiger partial charge in [-0.3, -0.25) is 0 Å². The van der Waals surface area contributed by atoms with E-state index < -0.39 is 0 Å².